The lowest BCUT2D eigenvalue weighted by Gasteiger charge is -2.34. The Balaban J connectivity index is 2.91. The summed E-state index contributed by atoms with van der Waals surface area (Å²) in [6.07, 6.45) is 1.87. The fourth-order valence-corrected chi connectivity index (χ4v) is 2.26. The molecule has 1 N–H and O–H groups in total. The minimum Gasteiger partial charge on any atom is -0.492 e. The van der Waals surface area contributed by atoms with Crippen LogP contribution in [0.2, 0.25) is 0 Å². The normalized spacial score (nSPS) is 13.4. The Morgan fingerprint density at radius 3 is 2.24 bits per heavy atom. The molecule has 4 heteroatoms. The lowest BCUT2D eigenvalue weighted by Crippen LogP contribution is -2.46. The summed E-state index contributed by atoms with van der Waals surface area (Å²) in [6, 6.07) is 7.89. The molecule has 0 saturated heterocycles. The van der Waals surface area contributed by atoms with Gasteiger partial charge in [-0.2, -0.15) is 0 Å². The van der Waals surface area contributed by atoms with Gasteiger partial charge in [0.05, 0.1) is 12.3 Å². The van der Waals surface area contributed by atoms with Crippen LogP contribution >= 0.6 is 0 Å². The molecule has 0 heterocycles. The molecule has 0 aliphatic rings. The number of nitrogens with one attached hydrogen (secondary N) is 1. The number of nitrogens with zero attached hydrogens (tertiary/aromatic N) is 1. The minimum absolute atomic E-state index is 0.0640. The highest BCUT2D eigenvalue weighted by Gasteiger charge is 2.24. The molecule has 2 atom stereocenters. The van der Waals surface area contributed by atoms with E-state index in [-0.39, 0.29) is 18.1 Å². The van der Waals surface area contributed by atoms with Gasteiger partial charge in [-0.3, -0.25) is 0 Å². The molecule has 118 valence electrons. The van der Waals surface area contributed by atoms with Crippen molar-refractivity contribution in [2.24, 2.45) is 0 Å². The molecule has 2 amide bonds. The van der Waals surface area contributed by atoms with E-state index in [1.54, 1.807) is 0 Å². The Morgan fingerprint density at radius 1 is 1.14 bits per heavy atom. The van der Waals surface area contributed by atoms with E-state index in [1.807, 2.05) is 36.1 Å². The first-order valence-electron chi connectivity index (χ1n) is 7.86. The fourth-order valence-electron chi connectivity index (χ4n) is 2.26. The van der Waals surface area contributed by atoms with E-state index in [4.69, 9.17) is 4.74 Å². The summed E-state index contributed by atoms with van der Waals surface area (Å²) >= 11 is 0. The maximum Gasteiger partial charge on any atom is 0.322 e. The summed E-state index contributed by atoms with van der Waals surface area (Å²) < 4.78 is 5.56. The Morgan fingerprint density at radius 2 is 1.71 bits per heavy atom. The molecular formula is C17H28N2O2. The topological polar surface area (TPSA) is 41.6 Å². The monoisotopic (exact) mass is 292 g/mol. The van der Waals surface area contributed by atoms with Crippen LogP contribution in [0.3, 0.4) is 0 Å². The zero-order valence-electron chi connectivity index (χ0n) is 13.8. The van der Waals surface area contributed by atoms with E-state index in [2.05, 4.69) is 33.0 Å². The van der Waals surface area contributed by atoms with Gasteiger partial charge in [-0.05, 0) is 45.7 Å². The van der Waals surface area contributed by atoms with Crippen LogP contribution in [0.25, 0.3) is 0 Å². The maximum absolute atomic E-state index is 12.6. The van der Waals surface area contributed by atoms with Crippen molar-refractivity contribution in [1.29, 1.82) is 0 Å². The molecule has 0 aliphatic heterocycles. The van der Waals surface area contributed by atoms with Gasteiger partial charge in [0.2, 0.25) is 0 Å². The first-order chi connectivity index (χ1) is 10.0. The third-order valence-corrected chi connectivity index (χ3v) is 3.79. The van der Waals surface area contributed by atoms with Gasteiger partial charge < -0.3 is 15.0 Å². The second kappa shape index (κ2) is 8.55. The van der Waals surface area contributed by atoms with Crippen LogP contribution < -0.4 is 10.1 Å². The first kappa shape index (κ1) is 17.3. The van der Waals surface area contributed by atoms with E-state index >= 15 is 0 Å². The van der Waals surface area contributed by atoms with Crippen molar-refractivity contribution >= 4 is 11.7 Å². The number of amides is 2. The summed E-state index contributed by atoms with van der Waals surface area (Å²) in [5, 5.41) is 2.99. The summed E-state index contributed by atoms with van der Waals surface area (Å²) in [5.41, 5.74) is 0.723. The SMILES string of the molecule is CCOc1ccccc1NC(=O)N(C(C)CC)C(C)CC. The highest BCUT2D eigenvalue weighted by Crippen LogP contribution is 2.25. The molecule has 1 aromatic carbocycles. The summed E-state index contributed by atoms with van der Waals surface area (Å²) in [7, 11) is 0. The molecule has 0 saturated carbocycles. The zero-order chi connectivity index (χ0) is 15.8. The molecule has 1 aromatic rings. The van der Waals surface area contributed by atoms with Gasteiger partial charge in [-0.25, -0.2) is 4.79 Å². The number of rotatable bonds is 7. The van der Waals surface area contributed by atoms with Crippen LogP contribution in [-0.4, -0.2) is 29.6 Å². The van der Waals surface area contributed by atoms with E-state index < -0.39 is 0 Å². The van der Waals surface area contributed by atoms with E-state index in [0.29, 0.717) is 12.4 Å². The number of hydrogen-bond acceptors (Lipinski definition) is 2. The van der Waals surface area contributed by atoms with E-state index in [1.165, 1.54) is 0 Å². The largest absolute Gasteiger partial charge is 0.492 e. The molecule has 0 aliphatic carbocycles. The van der Waals surface area contributed by atoms with Crippen molar-refractivity contribution in [3.63, 3.8) is 0 Å². The third kappa shape index (κ3) is 4.66. The summed E-state index contributed by atoms with van der Waals surface area (Å²) in [6.45, 7) is 10.9. The standard InChI is InChI=1S/C17H28N2O2/c1-6-13(4)19(14(5)7-2)17(20)18-15-11-9-10-12-16(15)21-8-3/h9-14H,6-8H2,1-5H3,(H,18,20). The van der Waals surface area contributed by atoms with Crippen LogP contribution in [0.1, 0.15) is 47.5 Å². The van der Waals surface area contributed by atoms with Crippen LogP contribution in [0.15, 0.2) is 24.3 Å². The fraction of sp³-hybridized carbons (Fsp3) is 0.588. The average molecular weight is 292 g/mol. The first-order valence-corrected chi connectivity index (χ1v) is 7.86. The number of benzene rings is 1. The summed E-state index contributed by atoms with van der Waals surface area (Å²) in [5.74, 6) is 0.710. The molecule has 0 bridgehead atoms. The molecule has 0 spiro atoms. The third-order valence-electron chi connectivity index (χ3n) is 3.79. The van der Waals surface area contributed by atoms with Crippen molar-refractivity contribution < 1.29 is 9.53 Å². The smallest absolute Gasteiger partial charge is 0.322 e. The Kier molecular flexibility index (Phi) is 7.06. The number of ether oxygens (including phenoxy) is 1. The number of para-hydroxylation sites is 2. The Bertz CT molecular complexity index is 438. The second-order valence-electron chi connectivity index (χ2n) is 5.28. The van der Waals surface area contributed by atoms with Gasteiger partial charge in [-0.15, -0.1) is 0 Å². The predicted molar refractivity (Wildman–Crippen MR) is 88.0 cm³/mol. The molecule has 4 nitrogen and oxygen atoms in total. The van der Waals surface area contributed by atoms with E-state index in [9.17, 15) is 4.79 Å². The molecule has 0 fully saturated rings. The molecule has 21 heavy (non-hydrogen) atoms. The molecule has 2 unspecified atom stereocenters. The Labute approximate surface area is 128 Å². The van der Waals surface area contributed by atoms with Crippen molar-refractivity contribution in [3.05, 3.63) is 24.3 Å². The highest BCUT2D eigenvalue weighted by atomic mass is 16.5. The van der Waals surface area contributed by atoms with Gasteiger partial charge in [0.1, 0.15) is 5.75 Å². The molecular weight excluding hydrogens is 264 g/mol. The number of carbonyl (C=O) groups is 1. The van der Waals surface area contributed by atoms with Crippen molar-refractivity contribution in [2.75, 3.05) is 11.9 Å². The number of carbonyl (C=O) groups excluding carboxylic acids is 1. The number of urea groups is 1. The van der Waals surface area contributed by atoms with Gasteiger partial charge in [0, 0.05) is 12.1 Å². The van der Waals surface area contributed by atoms with E-state index in [0.717, 1.165) is 18.5 Å². The van der Waals surface area contributed by atoms with Gasteiger partial charge in [0.15, 0.2) is 0 Å². The highest BCUT2D eigenvalue weighted by molar-refractivity contribution is 5.91. The molecule has 0 radical (unpaired) electrons. The van der Waals surface area contributed by atoms with Crippen LogP contribution in [0.4, 0.5) is 10.5 Å². The van der Waals surface area contributed by atoms with Crippen molar-refractivity contribution in [3.8, 4) is 5.75 Å². The van der Waals surface area contributed by atoms with Crippen LogP contribution in [-0.2, 0) is 0 Å². The lowest BCUT2D eigenvalue weighted by molar-refractivity contribution is 0.162. The quantitative estimate of drug-likeness (QED) is 0.803. The van der Waals surface area contributed by atoms with Crippen LogP contribution in [0, 0.1) is 0 Å². The minimum atomic E-state index is -0.0640. The predicted octanol–water partition coefficient (Wildman–Crippen LogP) is 4.52. The average Bonchev–Trinajstić information content (AvgIpc) is 2.49. The van der Waals surface area contributed by atoms with Crippen LogP contribution in [0.5, 0.6) is 5.75 Å². The molecule has 0 aromatic heterocycles. The Hall–Kier alpha value is -1.71. The van der Waals surface area contributed by atoms with Crippen molar-refractivity contribution in [1.82, 2.24) is 4.90 Å². The zero-order valence-corrected chi connectivity index (χ0v) is 13.8. The van der Waals surface area contributed by atoms with Gasteiger partial charge in [-0.1, -0.05) is 26.0 Å². The van der Waals surface area contributed by atoms with Crippen molar-refractivity contribution in [2.45, 2.75) is 59.5 Å². The second-order valence-corrected chi connectivity index (χ2v) is 5.28. The van der Waals surface area contributed by atoms with Gasteiger partial charge in [0.25, 0.3) is 0 Å². The molecule has 1 rings (SSSR count). The number of anilines is 1. The number of hydrogen-bond donors (Lipinski definition) is 1. The maximum atomic E-state index is 12.6. The summed E-state index contributed by atoms with van der Waals surface area (Å²) in [4.78, 5) is 14.5. The van der Waals surface area contributed by atoms with Gasteiger partial charge >= 0.3 is 6.03 Å². The lowest BCUT2D eigenvalue weighted by atomic mass is 10.1.